The van der Waals surface area contributed by atoms with Gasteiger partial charge in [0.1, 0.15) is 5.58 Å². The van der Waals surface area contributed by atoms with Gasteiger partial charge in [0.25, 0.3) is 5.91 Å². The quantitative estimate of drug-likeness (QED) is 0.805. The molecule has 1 amide bonds. The Morgan fingerprint density at radius 3 is 2.73 bits per heavy atom. The van der Waals surface area contributed by atoms with Crippen molar-refractivity contribution >= 4 is 16.9 Å². The summed E-state index contributed by atoms with van der Waals surface area (Å²) in [7, 11) is 0. The van der Waals surface area contributed by atoms with Gasteiger partial charge in [-0.05, 0) is 42.3 Å². The van der Waals surface area contributed by atoms with Gasteiger partial charge in [0.2, 0.25) is 0 Å². The van der Waals surface area contributed by atoms with Gasteiger partial charge < -0.3 is 9.73 Å². The molecule has 3 aromatic rings. The fourth-order valence-corrected chi connectivity index (χ4v) is 2.14. The Balaban J connectivity index is 1.86. The number of fused-ring (bicyclic) bond motifs is 1. The van der Waals surface area contributed by atoms with E-state index in [1.807, 2.05) is 13.0 Å². The highest BCUT2D eigenvalue weighted by molar-refractivity contribution is 5.93. The highest BCUT2D eigenvalue weighted by Gasteiger charge is 2.12. The largest absolute Gasteiger partial charge is 0.451 e. The third kappa shape index (κ3) is 2.88. The number of carbonyl (C=O) groups is 1. The van der Waals surface area contributed by atoms with Crippen molar-refractivity contribution < 1.29 is 9.21 Å². The Bertz CT molecular complexity index is 885. The molecule has 0 fully saturated rings. The van der Waals surface area contributed by atoms with Crippen LogP contribution in [0.3, 0.4) is 0 Å². The smallest absolute Gasteiger partial charge is 0.287 e. The van der Waals surface area contributed by atoms with Crippen LogP contribution in [0.15, 0.2) is 58.0 Å². The highest BCUT2D eigenvalue weighted by Crippen LogP contribution is 2.14. The number of hydrogen-bond acceptors (Lipinski definition) is 4. The van der Waals surface area contributed by atoms with E-state index in [4.69, 9.17) is 4.42 Å². The normalized spacial score (nSPS) is 10.6. The van der Waals surface area contributed by atoms with E-state index in [0.717, 1.165) is 11.1 Å². The number of amides is 1. The lowest BCUT2D eigenvalue weighted by atomic mass is 10.1. The van der Waals surface area contributed by atoms with E-state index in [-0.39, 0.29) is 11.2 Å². The number of hydrogen-bond donors (Lipinski definition) is 1. The number of pyridine rings is 1. The van der Waals surface area contributed by atoms with Crippen LogP contribution in [-0.2, 0) is 6.54 Å². The summed E-state index contributed by atoms with van der Waals surface area (Å²) in [6, 6.07) is 10.1. The van der Waals surface area contributed by atoms with Crippen LogP contribution in [0.4, 0.5) is 0 Å². The zero-order valence-electron chi connectivity index (χ0n) is 12.0. The monoisotopic (exact) mass is 294 g/mol. The van der Waals surface area contributed by atoms with Crippen LogP contribution in [0.5, 0.6) is 0 Å². The molecule has 0 spiro atoms. The fraction of sp³-hybridized carbons (Fsp3) is 0.118. The Morgan fingerprint density at radius 2 is 1.95 bits per heavy atom. The van der Waals surface area contributed by atoms with Crippen LogP contribution in [0.2, 0.25) is 0 Å². The van der Waals surface area contributed by atoms with Gasteiger partial charge in [0.05, 0.1) is 5.39 Å². The number of aryl methyl sites for hydroxylation is 1. The highest BCUT2D eigenvalue weighted by atomic mass is 16.3. The van der Waals surface area contributed by atoms with Crippen LogP contribution in [0.1, 0.15) is 21.7 Å². The van der Waals surface area contributed by atoms with Crippen molar-refractivity contribution in [1.29, 1.82) is 0 Å². The van der Waals surface area contributed by atoms with E-state index >= 15 is 0 Å². The molecule has 5 nitrogen and oxygen atoms in total. The van der Waals surface area contributed by atoms with Crippen molar-refractivity contribution in [3.05, 3.63) is 75.9 Å². The maximum Gasteiger partial charge on any atom is 0.287 e. The zero-order valence-corrected chi connectivity index (χ0v) is 12.0. The van der Waals surface area contributed by atoms with E-state index in [1.165, 1.54) is 6.07 Å². The second-order valence-corrected chi connectivity index (χ2v) is 5.01. The topological polar surface area (TPSA) is 72.2 Å². The summed E-state index contributed by atoms with van der Waals surface area (Å²) in [5.41, 5.74) is 2.07. The Labute approximate surface area is 126 Å². The van der Waals surface area contributed by atoms with Gasteiger partial charge in [-0.25, -0.2) is 0 Å². The molecule has 3 rings (SSSR count). The molecule has 0 saturated heterocycles. The Hall–Kier alpha value is -2.95. The lowest BCUT2D eigenvalue weighted by Crippen LogP contribution is -2.24. The minimum atomic E-state index is -0.419. The molecule has 22 heavy (non-hydrogen) atoms. The summed E-state index contributed by atoms with van der Waals surface area (Å²) in [5.74, 6) is -0.408. The number of rotatable bonds is 3. The van der Waals surface area contributed by atoms with Crippen LogP contribution in [0, 0.1) is 6.92 Å². The number of nitrogens with zero attached hydrogens (tertiary/aromatic N) is 1. The molecule has 0 radical (unpaired) electrons. The van der Waals surface area contributed by atoms with E-state index in [9.17, 15) is 9.59 Å². The molecule has 0 saturated carbocycles. The van der Waals surface area contributed by atoms with Gasteiger partial charge in [-0.3, -0.25) is 14.6 Å². The van der Waals surface area contributed by atoms with Crippen molar-refractivity contribution in [1.82, 2.24) is 10.3 Å². The van der Waals surface area contributed by atoms with Gasteiger partial charge in [0, 0.05) is 25.0 Å². The van der Waals surface area contributed by atoms with Gasteiger partial charge in [-0.1, -0.05) is 6.07 Å². The molecular weight excluding hydrogens is 280 g/mol. The van der Waals surface area contributed by atoms with Crippen LogP contribution in [-0.4, -0.2) is 10.9 Å². The number of aromatic nitrogens is 1. The molecule has 2 aromatic heterocycles. The van der Waals surface area contributed by atoms with Crippen molar-refractivity contribution in [2.24, 2.45) is 0 Å². The minimum absolute atomic E-state index is 0.0113. The van der Waals surface area contributed by atoms with E-state index in [1.54, 1.807) is 36.7 Å². The van der Waals surface area contributed by atoms with E-state index in [2.05, 4.69) is 10.3 Å². The average Bonchev–Trinajstić information content (AvgIpc) is 2.53. The zero-order chi connectivity index (χ0) is 15.5. The van der Waals surface area contributed by atoms with Crippen LogP contribution >= 0.6 is 0 Å². The van der Waals surface area contributed by atoms with Gasteiger partial charge in [-0.15, -0.1) is 0 Å². The van der Waals surface area contributed by atoms with Gasteiger partial charge >= 0.3 is 0 Å². The third-order valence-corrected chi connectivity index (χ3v) is 3.31. The first kappa shape index (κ1) is 14.0. The fourth-order valence-electron chi connectivity index (χ4n) is 2.14. The predicted octanol–water partition coefficient (Wildman–Crippen LogP) is 2.43. The molecule has 0 aliphatic rings. The summed E-state index contributed by atoms with van der Waals surface area (Å²) in [4.78, 5) is 28.1. The second kappa shape index (κ2) is 5.81. The van der Waals surface area contributed by atoms with Crippen molar-refractivity contribution in [3.63, 3.8) is 0 Å². The summed E-state index contributed by atoms with van der Waals surface area (Å²) < 4.78 is 5.55. The Kier molecular flexibility index (Phi) is 3.70. The van der Waals surface area contributed by atoms with Gasteiger partial charge in [0.15, 0.2) is 11.2 Å². The number of benzene rings is 1. The number of nitrogens with one attached hydrogen (secondary N) is 1. The molecule has 0 aliphatic carbocycles. The summed E-state index contributed by atoms with van der Waals surface area (Å²) >= 11 is 0. The summed E-state index contributed by atoms with van der Waals surface area (Å²) in [6.45, 7) is 2.24. The lowest BCUT2D eigenvalue weighted by molar-refractivity contribution is 0.0923. The second-order valence-electron chi connectivity index (χ2n) is 5.01. The third-order valence-electron chi connectivity index (χ3n) is 3.31. The summed E-state index contributed by atoms with van der Waals surface area (Å²) in [6.07, 6.45) is 3.31. The molecule has 2 heterocycles. The summed E-state index contributed by atoms with van der Waals surface area (Å²) in [5, 5.41) is 3.19. The minimum Gasteiger partial charge on any atom is -0.451 e. The SMILES string of the molecule is Cc1ccc2c(=O)cc(C(=O)NCc3ccncc3)oc2c1. The first-order chi connectivity index (χ1) is 10.6. The first-order valence-electron chi connectivity index (χ1n) is 6.85. The molecule has 1 N–H and O–H groups in total. The standard InChI is InChI=1S/C17H14N2O3/c1-11-2-3-13-14(20)9-16(22-15(13)8-11)17(21)19-10-12-4-6-18-7-5-12/h2-9H,10H2,1H3,(H,19,21). The van der Waals surface area contributed by atoms with Gasteiger partial charge in [-0.2, -0.15) is 0 Å². The first-order valence-corrected chi connectivity index (χ1v) is 6.85. The Morgan fingerprint density at radius 1 is 1.18 bits per heavy atom. The van der Waals surface area contributed by atoms with Crippen molar-refractivity contribution in [2.75, 3.05) is 0 Å². The predicted molar refractivity (Wildman–Crippen MR) is 82.6 cm³/mol. The molecule has 1 aromatic carbocycles. The molecule has 0 atom stereocenters. The maximum absolute atomic E-state index is 12.1. The van der Waals surface area contributed by atoms with E-state index in [0.29, 0.717) is 17.5 Å². The van der Waals surface area contributed by atoms with Crippen LogP contribution in [0.25, 0.3) is 11.0 Å². The van der Waals surface area contributed by atoms with Crippen molar-refractivity contribution in [3.8, 4) is 0 Å². The van der Waals surface area contributed by atoms with E-state index < -0.39 is 5.91 Å². The molecule has 5 heteroatoms. The molecule has 0 bridgehead atoms. The average molecular weight is 294 g/mol. The molecule has 0 unspecified atom stereocenters. The maximum atomic E-state index is 12.1. The lowest BCUT2D eigenvalue weighted by Gasteiger charge is -2.06. The van der Waals surface area contributed by atoms with Crippen LogP contribution < -0.4 is 10.7 Å². The molecule has 0 aliphatic heterocycles. The van der Waals surface area contributed by atoms with Crippen molar-refractivity contribution in [2.45, 2.75) is 13.5 Å². The molecular formula is C17H14N2O3. The number of carbonyl (C=O) groups excluding carboxylic acids is 1. The molecule has 110 valence electrons.